The monoisotopic (exact) mass is 372 g/mol. The molecule has 0 heterocycles. The van der Waals surface area contributed by atoms with Gasteiger partial charge < -0.3 is 10.6 Å². The van der Waals surface area contributed by atoms with Gasteiger partial charge in [0.15, 0.2) is 0 Å². The van der Waals surface area contributed by atoms with Crippen LogP contribution in [0.3, 0.4) is 0 Å². The van der Waals surface area contributed by atoms with Crippen LogP contribution in [0.15, 0.2) is 53.0 Å². The summed E-state index contributed by atoms with van der Waals surface area (Å²) in [5.41, 5.74) is 3.44. The molecule has 118 valence electrons. The van der Waals surface area contributed by atoms with Gasteiger partial charge in [-0.25, -0.2) is 0 Å². The molecule has 0 saturated carbocycles. The summed E-state index contributed by atoms with van der Waals surface area (Å²) in [6.07, 6.45) is 3.19. The van der Waals surface area contributed by atoms with Crippen molar-refractivity contribution in [2.24, 2.45) is 0 Å². The van der Waals surface area contributed by atoms with E-state index in [1.54, 1.807) is 18.2 Å². The molecule has 0 saturated heterocycles. The van der Waals surface area contributed by atoms with Gasteiger partial charge in [0.25, 0.3) is 0 Å². The number of anilines is 2. The maximum absolute atomic E-state index is 11.9. The first-order chi connectivity index (χ1) is 10.9. The van der Waals surface area contributed by atoms with Gasteiger partial charge >= 0.3 is 0 Å². The lowest BCUT2D eigenvalue weighted by Gasteiger charge is -2.05. The lowest BCUT2D eigenvalue weighted by molar-refractivity contribution is -0.114. The van der Waals surface area contributed by atoms with E-state index in [0.717, 1.165) is 27.0 Å². The topological polar surface area (TPSA) is 58.2 Å². The molecule has 0 aromatic heterocycles. The molecule has 0 bridgehead atoms. The highest BCUT2D eigenvalue weighted by molar-refractivity contribution is 9.10. The first-order valence-electron chi connectivity index (χ1n) is 7.07. The molecule has 4 nitrogen and oxygen atoms in total. The SMILES string of the molecule is CC(=O)Nc1ccc(/C=C/C(=O)Nc2ccc(C)c(Br)c2)cc1. The number of amides is 2. The smallest absolute Gasteiger partial charge is 0.248 e. The first-order valence-corrected chi connectivity index (χ1v) is 7.86. The Morgan fingerprint density at radius 2 is 1.65 bits per heavy atom. The number of nitrogens with one attached hydrogen (secondary N) is 2. The molecule has 23 heavy (non-hydrogen) atoms. The lowest BCUT2D eigenvalue weighted by Crippen LogP contribution is -2.07. The van der Waals surface area contributed by atoms with E-state index in [1.165, 1.54) is 13.0 Å². The van der Waals surface area contributed by atoms with Crippen LogP contribution in [-0.2, 0) is 9.59 Å². The Balaban J connectivity index is 1.97. The fourth-order valence-electron chi connectivity index (χ4n) is 1.91. The summed E-state index contributed by atoms with van der Waals surface area (Å²) in [6.45, 7) is 3.45. The van der Waals surface area contributed by atoms with Crippen molar-refractivity contribution in [3.05, 3.63) is 64.1 Å². The molecule has 0 aliphatic heterocycles. The molecule has 2 aromatic rings. The Bertz CT molecular complexity index is 752. The van der Waals surface area contributed by atoms with E-state index in [4.69, 9.17) is 0 Å². The van der Waals surface area contributed by atoms with E-state index in [-0.39, 0.29) is 11.8 Å². The van der Waals surface area contributed by atoms with Gasteiger partial charge in [-0.3, -0.25) is 9.59 Å². The molecular formula is C18H17BrN2O2. The zero-order valence-corrected chi connectivity index (χ0v) is 14.5. The van der Waals surface area contributed by atoms with Gasteiger partial charge in [0.1, 0.15) is 0 Å². The number of carbonyl (C=O) groups is 2. The number of carbonyl (C=O) groups excluding carboxylic acids is 2. The third kappa shape index (κ3) is 5.38. The molecule has 0 fully saturated rings. The fourth-order valence-corrected chi connectivity index (χ4v) is 2.29. The van der Waals surface area contributed by atoms with Crippen molar-refractivity contribution in [3.63, 3.8) is 0 Å². The number of hydrogen-bond donors (Lipinski definition) is 2. The number of benzene rings is 2. The highest BCUT2D eigenvalue weighted by Gasteiger charge is 2.01. The maximum atomic E-state index is 11.9. The summed E-state index contributed by atoms with van der Waals surface area (Å²) in [7, 11) is 0. The van der Waals surface area contributed by atoms with Gasteiger partial charge in [0, 0.05) is 28.8 Å². The van der Waals surface area contributed by atoms with Crippen molar-refractivity contribution >= 4 is 45.2 Å². The standard InChI is InChI=1S/C18H17BrN2O2/c1-12-3-7-16(11-17(12)19)21-18(23)10-6-14-4-8-15(9-5-14)20-13(2)22/h3-11H,1-2H3,(H,20,22)(H,21,23)/b10-6+. The Kier molecular flexibility index (Phi) is 5.71. The van der Waals surface area contributed by atoms with E-state index in [2.05, 4.69) is 26.6 Å². The zero-order chi connectivity index (χ0) is 16.8. The maximum Gasteiger partial charge on any atom is 0.248 e. The number of halogens is 1. The molecule has 0 aliphatic rings. The van der Waals surface area contributed by atoms with Gasteiger partial charge in [-0.15, -0.1) is 0 Å². The second-order valence-corrected chi connectivity index (χ2v) is 5.94. The van der Waals surface area contributed by atoms with Crippen LogP contribution in [0.1, 0.15) is 18.1 Å². The van der Waals surface area contributed by atoms with Crippen LogP contribution in [0.25, 0.3) is 6.08 Å². The summed E-state index contributed by atoms with van der Waals surface area (Å²) >= 11 is 3.44. The minimum Gasteiger partial charge on any atom is -0.326 e. The van der Waals surface area contributed by atoms with E-state index < -0.39 is 0 Å². The highest BCUT2D eigenvalue weighted by atomic mass is 79.9. The predicted molar refractivity (Wildman–Crippen MR) is 97.3 cm³/mol. The van der Waals surface area contributed by atoms with Crippen molar-refractivity contribution in [1.29, 1.82) is 0 Å². The predicted octanol–water partition coefficient (Wildman–Crippen LogP) is 4.37. The number of aryl methyl sites for hydroxylation is 1. The van der Waals surface area contributed by atoms with Crippen LogP contribution in [0.2, 0.25) is 0 Å². The number of rotatable bonds is 4. The Hall–Kier alpha value is -2.40. The third-order valence-corrected chi connectivity index (χ3v) is 3.95. The van der Waals surface area contributed by atoms with Crippen LogP contribution in [0, 0.1) is 6.92 Å². The van der Waals surface area contributed by atoms with Crippen LogP contribution in [0.5, 0.6) is 0 Å². The lowest BCUT2D eigenvalue weighted by atomic mass is 10.2. The van der Waals surface area contributed by atoms with Gasteiger partial charge in [-0.2, -0.15) is 0 Å². The summed E-state index contributed by atoms with van der Waals surface area (Å²) in [5.74, 6) is -0.316. The number of hydrogen-bond acceptors (Lipinski definition) is 2. The second kappa shape index (κ2) is 7.74. The van der Waals surface area contributed by atoms with Crippen molar-refractivity contribution in [1.82, 2.24) is 0 Å². The molecule has 2 rings (SSSR count). The molecule has 2 N–H and O–H groups in total. The van der Waals surface area contributed by atoms with Gasteiger partial charge in [0.05, 0.1) is 0 Å². The first kappa shape index (κ1) is 17.0. The zero-order valence-electron chi connectivity index (χ0n) is 12.9. The quantitative estimate of drug-likeness (QED) is 0.782. The normalized spacial score (nSPS) is 10.6. The Labute approximate surface area is 143 Å². The van der Waals surface area contributed by atoms with Crippen LogP contribution >= 0.6 is 15.9 Å². The van der Waals surface area contributed by atoms with Crippen molar-refractivity contribution in [3.8, 4) is 0 Å². The van der Waals surface area contributed by atoms with Gasteiger partial charge in [-0.1, -0.05) is 34.1 Å². The minimum atomic E-state index is -0.202. The van der Waals surface area contributed by atoms with Crippen molar-refractivity contribution in [2.75, 3.05) is 10.6 Å². The average molecular weight is 373 g/mol. The largest absolute Gasteiger partial charge is 0.326 e. The minimum absolute atomic E-state index is 0.114. The molecule has 2 amide bonds. The molecule has 0 atom stereocenters. The Morgan fingerprint density at radius 3 is 2.26 bits per heavy atom. The second-order valence-electron chi connectivity index (χ2n) is 5.09. The summed E-state index contributed by atoms with van der Waals surface area (Å²) < 4.78 is 0.952. The molecule has 5 heteroatoms. The summed E-state index contributed by atoms with van der Waals surface area (Å²) in [6, 6.07) is 12.9. The molecule has 0 unspecified atom stereocenters. The van der Waals surface area contributed by atoms with Crippen LogP contribution in [0.4, 0.5) is 11.4 Å². The van der Waals surface area contributed by atoms with Crippen molar-refractivity contribution < 1.29 is 9.59 Å². The van der Waals surface area contributed by atoms with Crippen LogP contribution in [-0.4, -0.2) is 11.8 Å². The Morgan fingerprint density at radius 1 is 1.00 bits per heavy atom. The third-order valence-electron chi connectivity index (χ3n) is 3.10. The molecule has 2 aromatic carbocycles. The summed E-state index contributed by atoms with van der Waals surface area (Å²) in [4.78, 5) is 22.9. The molecule has 0 aliphatic carbocycles. The molecular weight excluding hydrogens is 356 g/mol. The average Bonchev–Trinajstić information content (AvgIpc) is 2.50. The fraction of sp³-hybridized carbons (Fsp3) is 0.111. The van der Waals surface area contributed by atoms with Gasteiger partial charge in [-0.05, 0) is 48.4 Å². The van der Waals surface area contributed by atoms with E-state index in [9.17, 15) is 9.59 Å². The van der Waals surface area contributed by atoms with E-state index >= 15 is 0 Å². The van der Waals surface area contributed by atoms with E-state index in [1.807, 2.05) is 37.3 Å². The van der Waals surface area contributed by atoms with Gasteiger partial charge in [0.2, 0.25) is 11.8 Å². The van der Waals surface area contributed by atoms with Crippen LogP contribution < -0.4 is 10.6 Å². The van der Waals surface area contributed by atoms with E-state index in [0.29, 0.717) is 0 Å². The van der Waals surface area contributed by atoms with Crippen molar-refractivity contribution in [2.45, 2.75) is 13.8 Å². The summed E-state index contributed by atoms with van der Waals surface area (Å²) in [5, 5.41) is 5.50. The highest BCUT2D eigenvalue weighted by Crippen LogP contribution is 2.20. The molecule has 0 radical (unpaired) electrons. The molecule has 0 spiro atoms.